The third kappa shape index (κ3) is 4.11. The van der Waals surface area contributed by atoms with E-state index in [4.69, 9.17) is 9.15 Å². The summed E-state index contributed by atoms with van der Waals surface area (Å²) in [5, 5.41) is 12.8. The molecular weight excluding hydrogens is 282 g/mol. The summed E-state index contributed by atoms with van der Waals surface area (Å²) in [5.41, 5.74) is 0.696. The van der Waals surface area contributed by atoms with Gasteiger partial charge >= 0.3 is 5.97 Å². The van der Waals surface area contributed by atoms with E-state index in [1.54, 1.807) is 13.0 Å². The normalized spacial score (nSPS) is 17.4. The van der Waals surface area contributed by atoms with Crippen LogP contribution >= 0.6 is 0 Å². The summed E-state index contributed by atoms with van der Waals surface area (Å²) in [6.07, 6.45) is 6.98. The molecule has 0 atom stereocenters. The molecule has 2 rings (SSSR count). The van der Waals surface area contributed by atoms with Crippen LogP contribution in [0.5, 0.6) is 0 Å². The molecule has 1 saturated carbocycles. The zero-order valence-electron chi connectivity index (χ0n) is 13.6. The SMILES string of the molecule is COC(=O)c1cc(CNCC2(CCO)CCCCC2)oc1C. The lowest BCUT2D eigenvalue weighted by molar-refractivity contribution is 0.0599. The zero-order valence-corrected chi connectivity index (χ0v) is 13.6. The molecule has 2 N–H and O–H groups in total. The van der Waals surface area contributed by atoms with Crippen molar-refractivity contribution in [3.05, 3.63) is 23.2 Å². The first-order valence-corrected chi connectivity index (χ1v) is 8.09. The number of aryl methyl sites for hydroxylation is 1. The fraction of sp³-hybridized carbons (Fsp3) is 0.706. The first-order valence-electron chi connectivity index (χ1n) is 8.09. The molecule has 1 aliphatic rings. The first kappa shape index (κ1) is 17.0. The number of aliphatic hydroxyl groups is 1. The number of methoxy groups -OCH3 is 1. The molecule has 22 heavy (non-hydrogen) atoms. The van der Waals surface area contributed by atoms with Crippen molar-refractivity contribution in [3.63, 3.8) is 0 Å². The van der Waals surface area contributed by atoms with Gasteiger partial charge in [-0.3, -0.25) is 0 Å². The summed E-state index contributed by atoms with van der Waals surface area (Å²) in [5.74, 6) is 0.968. The molecule has 5 nitrogen and oxygen atoms in total. The maximum Gasteiger partial charge on any atom is 0.341 e. The van der Waals surface area contributed by atoms with Crippen LogP contribution in [0.3, 0.4) is 0 Å². The molecule has 1 fully saturated rings. The molecule has 124 valence electrons. The maximum atomic E-state index is 11.6. The summed E-state index contributed by atoms with van der Waals surface area (Å²) in [4.78, 5) is 11.6. The Bertz CT molecular complexity index is 483. The smallest absolute Gasteiger partial charge is 0.341 e. The van der Waals surface area contributed by atoms with E-state index in [-0.39, 0.29) is 18.0 Å². The fourth-order valence-corrected chi connectivity index (χ4v) is 3.45. The number of rotatable bonds is 7. The van der Waals surface area contributed by atoms with Crippen molar-refractivity contribution in [2.75, 3.05) is 20.3 Å². The van der Waals surface area contributed by atoms with E-state index in [1.807, 2.05) is 0 Å². The number of esters is 1. The highest BCUT2D eigenvalue weighted by Gasteiger charge is 2.31. The molecule has 0 unspecified atom stereocenters. The summed E-state index contributed by atoms with van der Waals surface area (Å²) in [6, 6.07) is 1.74. The van der Waals surface area contributed by atoms with E-state index >= 15 is 0 Å². The van der Waals surface area contributed by atoms with Gasteiger partial charge in [0.15, 0.2) is 0 Å². The lowest BCUT2D eigenvalue weighted by Crippen LogP contribution is -2.36. The second kappa shape index (κ2) is 7.79. The largest absolute Gasteiger partial charge is 0.465 e. The molecule has 1 aromatic rings. The van der Waals surface area contributed by atoms with Gasteiger partial charge in [-0.2, -0.15) is 0 Å². The Morgan fingerprint density at radius 2 is 2.14 bits per heavy atom. The summed E-state index contributed by atoms with van der Waals surface area (Å²) >= 11 is 0. The van der Waals surface area contributed by atoms with Gasteiger partial charge in [-0.15, -0.1) is 0 Å². The van der Waals surface area contributed by atoms with Crippen molar-refractivity contribution in [2.24, 2.45) is 5.41 Å². The summed E-state index contributed by atoms with van der Waals surface area (Å²) in [6.45, 7) is 3.48. The number of hydrogen-bond acceptors (Lipinski definition) is 5. The number of hydrogen-bond donors (Lipinski definition) is 2. The number of aliphatic hydroxyl groups excluding tert-OH is 1. The van der Waals surface area contributed by atoms with Gasteiger partial charge in [0.2, 0.25) is 0 Å². The van der Waals surface area contributed by atoms with Gasteiger partial charge in [0.05, 0.1) is 13.7 Å². The number of nitrogens with one attached hydrogen (secondary N) is 1. The Hall–Kier alpha value is -1.33. The topological polar surface area (TPSA) is 71.7 Å². The van der Waals surface area contributed by atoms with Crippen molar-refractivity contribution < 1.29 is 19.1 Å². The Morgan fingerprint density at radius 1 is 1.41 bits per heavy atom. The quantitative estimate of drug-likeness (QED) is 0.758. The Morgan fingerprint density at radius 3 is 2.77 bits per heavy atom. The van der Waals surface area contributed by atoms with Gasteiger partial charge in [0.25, 0.3) is 0 Å². The predicted octanol–water partition coefficient (Wildman–Crippen LogP) is 2.80. The van der Waals surface area contributed by atoms with Gasteiger partial charge in [-0.1, -0.05) is 19.3 Å². The van der Waals surface area contributed by atoms with Gasteiger partial charge in [-0.05, 0) is 37.7 Å². The fourth-order valence-electron chi connectivity index (χ4n) is 3.45. The monoisotopic (exact) mass is 309 g/mol. The maximum absolute atomic E-state index is 11.6. The van der Waals surface area contributed by atoms with E-state index in [0.717, 1.165) is 18.7 Å². The molecule has 0 saturated heterocycles. The van der Waals surface area contributed by atoms with E-state index < -0.39 is 0 Å². The lowest BCUT2D eigenvalue weighted by atomic mass is 9.72. The van der Waals surface area contributed by atoms with Crippen LogP contribution in [0, 0.1) is 12.3 Å². The van der Waals surface area contributed by atoms with Crippen LogP contribution in [-0.2, 0) is 11.3 Å². The molecule has 1 aliphatic carbocycles. The van der Waals surface area contributed by atoms with E-state index in [1.165, 1.54) is 39.2 Å². The highest BCUT2D eigenvalue weighted by Crippen LogP contribution is 2.38. The number of carbonyl (C=O) groups is 1. The van der Waals surface area contributed by atoms with Crippen LogP contribution in [0.2, 0.25) is 0 Å². The average molecular weight is 309 g/mol. The van der Waals surface area contributed by atoms with Crippen LogP contribution < -0.4 is 5.32 Å². The minimum Gasteiger partial charge on any atom is -0.465 e. The van der Waals surface area contributed by atoms with Gasteiger partial charge < -0.3 is 19.6 Å². The number of furan rings is 1. The van der Waals surface area contributed by atoms with Gasteiger partial charge in [0.1, 0.15) is 17.1 Å². The predicted molar refractivity (Wildman–Crippen MR) is 83.7 cm³/mol. The standard InChI is InChI=1S/C17H27NO4/c1-13-15(16(20)21-2)10-14(22-13)11-18-12-17(8-9-19)6-4-3-5-7-17/h10,18-19H,3-9,11-12H2,1-2H3. The average Bonchev–Trinajstić information content (AvgIpc) is 2.88. The van der Waals surface area contributed by atoms with Crippen molar-refractivity contribution in [1.29, 1.82) is 0 Å². The number of ether oxygens (including phenoxy) is 1. The third-order valence-electron chi connectivity index (χ3n) is 4.73. The molecule has 0 spiro atoms. The van der Waals surface area contributed by atoms with Crippen LogP contribution in [-0.4, -0.2) is 31.3 Å². The lowest BCUT2D eigenvalue weighted by Gasteiger charge is -2.37. The third-order valence-corrected chi connectivity index (χ3v) is 4.73. The zero-order chi connectivity index (χ0) is 16.0. The molecule has 1 aromatic heterocycles. The molecule has 0 aromatic carbocycles. The molecule has 5 heteroatoms. The molecular formula is C17H27NO4. The number of carbonyl (C=O) groups excluding carboxylic acids is 1. The second-order valence-electron chi connectivity index (χ2n) is 6.31. The summed E-state index contributed by atoms with van der Waals surface area (Å²) in [7, 11) is 1.37. The molecule has 0 radical (unpaired) electrons. The summed E-state index contributed by atoms with van der Waals surface area (Å²) < 4.78 is 10.3. The van der Waals surface area contributed by atoms with Crippen molar-refractivity contribution in [1.82, 2.24) is 5.32 Å². The highest BCUT2D eigenvalue weighted by atomic mass is 16.5. The van der Waals surface area contributed by atoms with Gasteiger partial charge in [-0.25, -0.2) is 4.79 Å². The van der Waals surface area contributed by atoms with Crippen LogP contribution in [0.25, 0.3) is 0 Å². The Kier molecular flexibility index (Phi) is 6.03. The molecule has 0 aliphatic heterocycles. The molecule has 1 heterocycles. The highest BCUT2D eigenvalue weighted by molar-refractivity contribution is 5.90. The minimum atomic E-state index is -0.364. The van der Waals surface area contributed by atoms with Crippen molar-refractivity contribution >= 4 is 5.97 Å². The van der Waals surface area contributed by atoms with Gasteiger partial charge in [0, 0.05) is 13.2 Å². The van der Waals surface area contributed by atoms with E-state index in [2.05, 4.69) is 5.32 Å². The minimum absolute atomic E-state index is 0.208. The van der Waals surface area contributed by atoms with Crippen LogP contribution in [0.4, 0.5) is 0 Å². The Labute approximate surface area is 132 Å². The van der Waals surface area contributed by atoms with E-state index in [9.17, 15) is 9.90 Å². The second-order valence-corrected chi connectivity index (χ2v) is 6.31. The van der Waals surface area contributed by atoms with Crippen molar-refractivity contribution in [3.8, 4) is 0 Å². The van der Waals surface area contributed by atoms with Crippen molar-refractivity contribution in [2.45, 2.75) is 52.0 Å². The molecule has 0 bridgehead atoms. The molecule has 0 amide bonds. The van der Waals surface area contributed by atoms with E-state index in [0.29, 0.717) is 17.9 Å². The van der Waals surface area contributed by atoms with Crippen LogP contribution in [0.1, 0.15) is 60.4 Å². The van der Waals surface area contributed by atoms with Crippen LogP contribution in [0.15, 0.2) is 10.5 Å². The first-order chi connectivity index (χ1) is 10.6. The Balaban J connectivity index is 1.90.